The lowest BCUT2D eigenvalue weighted by Gasteiger charge is -2.42. The Hall–Kier alpha value is -3.02. The van der Waals surface area contributed by atoms with Crippen LogP contribution in [0.3, 0.4) is 0 Å². The number of nitrogens with two attached hydrogens (primary N) is 1. The molecule has 1 saturated heterocycles. The molecule has 2 aliphatic rings. The third-order valence-corrected chi connectivity index (χ3v) is 7.20. The standard InChI is InChI=1S/C22H21N7S/c23-12-17-18(4-2-8-26-17)30-20-14-27-19(13-28-20)29-9-5-22(6-10-29)11-16-15(21(22)24)3-1-7-25-16/h1-4,7-8,13-14,21H,5-6,9-11,24H2/t21-/m1/s1. The lowest BCUT2D eigenvalue weighted by molar-refractivity contribution is 0.186. The number of anilines is 1. The van der Waals surface area contributed by atoms with E-state index in [2.05, 4.69) is 37.0 Å². The molecule has 3 aromatic rings. The molecule has 0 saturated carbocycles. The maximum absolute atomic E-state index is 9.19. The van der Waals surface area contributed by atoms with Gasteiger partial charge in [-0.3, -0.25) is 4.98 Å². The van der Waals surface area contributed by atoms with Crippen molar-refractivity contribution in [3.05, 3.63) is 66.0 Å². The largest absolute Gasteiger partial charge is 0.355 e. The molecule has 0 amide bonds. The monoisotopic (exact) mass is 415 g/mol. The summed E-state index contributed by atoms with van der Waals surface area (Å²) in [6.45, 7) is 1.81. The van der Waals surface area contributed by atoms with E-state index < -0.39 is 0 Å². The number of hydrogen-bond donors (Lipinski definition) is 1. The number of fused-ring (bicyclic) bond motifs is 1. The van der Waals surface area contributed by atoms with Crippen LogP contribution >= 0.6 is 11.8 Å². The molecule has 0 aromatic carbocycles. The number of aromatic nitrogens is 4. The first kappa shape index (κ1) is 19.0. The highest BCUT2D eigenvalue weighted by Gasteiger charge is 2.46. The van der Waals surface area contributed by atoms with Gasteiger partial charge >= 0.3 is 0 Å². The molecule has 150 valence electrons. The van der Waals surface area contributed by atoms with Crippen LogP contribution in [0, 0.1) is 16.7 Å². The van der Waals surface area contributed by atoms with Crippen LogP contribution in [-0.2, 0) is 6.42 Å². The molecule has 5 rings (SSSR count). The van der Waals surface area contributed by atoms with E-state index in [0.717, 1.165) is 53.8 Å². The van der Waals surface area contributed by atoms with E-state index in [9.17, 15) is 5.26 Å². The molecule has 3 aromatic heterocycles. The van der Waals surface area contributed by atoms with Crippen molar-refractivity contribution in [1.29, 1.82) is 5.26 Å². The first-order valence-corrected chi connectivity index (χ1v) is 10.8. The van der Waals surface area contributed by atoms with E-state index in [4.69, 9.17) is 5.73 Å². The number of nitrogens with zero attached hydrogens (tertiary/aromatic N) is 6. The van der Waals surface area contributed by atoms with Gasteiger partial charge in [0.05, 0.1) is 17.3 Å². The summed E-state index contributed by atoms with van der Waals surface area (Å²) in [5, 5.41) is 9.94. The van der Waals surface area contributed by atoms with Crippen molar-refractivity contribution < 1.29 is 0 Å². The number of rotatable bonds is 3. The summed E-state index contributed by atoms with van der Waals surface area (Å²) >= 11 is 1.40. The number of piperidine rings is 1. The van der Waals surface area contributed by atoms with Crippen LogP contribution in [0.25, 0.3) is 0 Å². The van der Waals surface area contributed by atoms with Crippen LogP contribution in [0.15, 0.2) is 59.0 Å². The third kappa shape index (κ3) is 3.30. The van der Waals surface area contributed by atoms with Crippen molar-refractivity contribution in [2.24, 2.45) is 11.1 Å². The number of nitriles is 1. The van der Waals surface area contributed by atoms with Crippen molar-refractivity contribution in [3.63, 3.8) is 0 Å². The summed E-state index contributed by atoms with van der Waals surface area (Å²) in [6, 6.07) is 9.95. The Balaban J connectivity index is 1.26. The topological polar surface area (TPSA) is 105 Å². The van der Waals surface area contributed by atoms with Crippen LogP contribution < -0.4 is 10.6 Å². The van der Waals surface area contributed by atoms with E-state index in [1.54, 1.807) is 12.4 Å². The molecule has 1 spiro atoms. The molecule has 8 heteroatoms. The molecule has 2 N–H and O–H groups in total. The maximum atomic E-state index is 9.19. The van der Waals surface area contributed by atoms with Crippen LogP contribution in [-0.4, -0.2) is 33.0 Å². The molecule has 1 atom stereocenters. The lowest BCUT2D eigenvalue weighted by Crippen LogP contribution is -2.44. The average molecular weight is 416 g/mol. The average Bonchev–Trinajstić information content (AvgIpc) is 3.07. The van der Waals surface area contributed by atoms with Gasteiger partial charge in [0.1, 0.15) is 16.9 Å². The van der Waals surface area contributed by atoms with Gasteiger partial charge in [-0.15, -0.1) is 0 Å². The van der Waals surface area contributed by atoms with Gasteiger partial charge in [0, 0.05) is 37.2 Å². The van der Waals surface area contributed by atoms with E-state index in [0.29, 0.717) is 5.69 Å². The SMILES string of the molecule is N#Cc1ncccc1Sc1cnc(N2CCC3(CC2)Cc2ncccc2[C@H]3N)cn1. The molecular formula is C22H21N7S. The zero-order chi connectivity index (χ0) is 20.6. The Morgan fingerprint density at radius 2 is 1.87 bits per heavy atom. The molecule has 1 aliphatic heterocycles. The normalized spacial score (nSPS) is 19.5. The summed E-state index contributed by atoms with van der Waals surface area (Å²) in [4.78, 5) is 20.9. The zero-order valence-corrected chi connectivity index (χ0v) is 17.2. The quantitative estimate of drug-likeness (QED) is 0.696. The highest BCUT2D eigenvalue weighted by atomic mass is 32.2. The minimum Gasteiger partial charge on any atom is -0.355 e. The number of pyridine rings is 2. The van der Waals surface area contributed by atoms with E-state index in [1.807, 2.05) is 30.6 Å². The molecule has 0 radical (unpaired) electrons. The summed E-state index contributed by atoms with van der Waals surface area (Å²) in [5.74, 6) is 0.878. The highest BCUT2D eigenvalue weighted by Crippen LogP contribution is 2.50. The van der Waals surface area contributed by atoms with Gasteiger partial charge in [-0.1, -0.05) is 17.8 Å². The van der Waals surface area contributed by atoms with Gasteiger partial charge in [0.2, 0.25) is 0 Å². The van der Waals surface area contributed by atoms with Gasteiger partial charge in [-0.05, 0) is 48.4 Å². The van der Waals surface area contributed by atoms with Crippen molar-refractivity contribution in [2.45, 2.75) is 35.2 Å². The molecular weight excluding hydrogens is 394 g/mol. The van der Waals surface area contributed by atoms with Gasteiger partial charge in [0.15, 0.2) is 5.69 Å². The van der Waals surface area contributed by atoms with Crippen LogP contribution in [0.2, 0.25) is 0 Å². The first-order valence-electron chi connectivity index (χ1n) is 9.98. The van der Waals surface area contributed by atoms with Gasteiger partial charge in [-0.2, -0.15) is 5.26 Å². The fourth-order valence-electron chi connectivity index (χ4n) is 4.52. The summed E-state index contributed by atoms with van der Waals surface area (Å²) in [5.41, 5.74) is 9.51. The Labute approximate surface area is 179 Å². The Morgan fingerprint density at radius 1 is 1.07 bits per heavy atom. The summed E-state index contributed by atoms with van der Waals surface area (Å²) in [6.07, 6.45) is 10.1. The van der Waals surface area contributed by atoms with Crippen molar-refractivity contribution in [1.82, 2.24) is 19.9 Å². The van der Waals surface area contributed by atoms with Gasteiger partial charge in [0.25, 0.3) is 0 Å². The fourth-order valence-corrected chi connectivity index (χ4v) is 5.30. The van der Waals surface area contributed by atoms with Crippen LogP contribution in [0.4, 0.5) is 5.82 Å². The van der Waals surface area contributed by atoms with Gasteiger partial charge in [-0.25, -0.2) is 15.0 Å². The smallest absolute Gasteiger partial charge is 0.154 e. The zero-order valence-electron chi connectivity index (χ0n) is 16.4. The lowest BCUT2D eigenvalue weighted by atomic mass is 9.73. The van der Waals surface area contributed by atoms with Crippen molar-refractivity contribution >= 4 is 17.6 Å². The molecule has 0 unspecified atom stereocenters. The predicted octanol–water partition coefficient (Wildman–Crippen LogP) is 3.13. The van der Waals surface area contributed by atoms with Crippen molar-refractivity contribution in [2.75, 3.05) is 18.0 Å². The second kappa shape index (κ2) is 7.67. The molecule has 7 nitrogen and oxygen atoms in total. The Bertz CT molecular complexity index is 1100. The minimum atomic E-state index is 0.0574. The van der Waals surface area contributed by atoms with Crippen molar-refractivity contribution in [3.8, 4) is 6.07 Å². The van der Waals surface area contributed by atoms with E-state index in [-0.39, 0.29) is 11.5 Å². The van der Waals surface area contributed by atoms with Crippen LogP contribution in [0.5, 0.6) is 0 Å². The summed E-state index contributed by atoms with van der Waals surface area (Å²) < 4.78 is 0. The third-order valence-electron chi connectivity index (χ3n) is 6.23. The molecule has 30 heavy (non-hydrogen) atoms. The second-order valence-electron chi connectivity index (χ2n) is 7.82. The Morgan fingerprint density at radius 3 is 2.60 bits per heavy atom. The molecule has 4 heterocycles. The predicted molar refractivity (Wildman–Crippen MR) is 114 cm³/mol. The van der Waals surface area contributed by atoms with E-state index in [1.165, 1.54) is 17.3 Å². The second-order valence-corrected chi connectivity index (χ2v) is 8.88. The maximum Gasteiger partial charge on any atom is 0.154 e. The molecule has 1 aliphatic carbocycles. The molecule has 1 fully saturated rings. The Kier molecular flexibility index (Phi) is 4.85. The van der Waals surface area contributed by atoms with E-state index >= 15 is 0 Å². The summed E-state index contributed by atoms with van der Waals surface area (Å²) in [7, 11) is 0. The van der Waals surface area contributed by atoms with Crippen LogP contribution in [0.1, 0.15) is 35.8 Å². The minimum absolute atomic E-state index is 0.0574. The fraction of sp³-hybridized carbons (Fsp3) is 0.318. The highest BCUT2D eigenvalue weighted by molar-refractivity contribution is 7.99. The first-order chi connectivity index (χ1) is 14.7. The van der Waals surface area contributed by atoms with Gasteiger partial charge < -0.3 is 10.6 Å². The number of hydrogen-bond acceptors (Lipinski definition) is 8. The molecule has 0 bridgehead atoms.